The second-order valence-electron chi connectivity index (χ2n) is 5.28. The Balaban J connectivity index is 2.46. The van der Waals surface area contributed by atoms with Crippen LogP contribution in [0.25, 0.3) is 11.1 Å². The Morgan fingerprint density at radius 3 is 2.36 bits per heavy atom. The summed E-state index contributed by atoms with van der Waals surface area (Å²) < 4.78 is 0. The highest BCUT2D eigenvalue weighted by atomic mass is 16.2. The first-order valence-corrected chi connectivity index (χ1v) is 6.91. The van der Waals surface area contributed by atoms with Crippen LogP contribution in [-0.4, -0.2) is 37.4 Å². The minimum Gasteiger partial charge on any atom is -0.351 e. The monoisotopic (exact) mass is 297 g/mol. The van der Waals surface area contributed by atoms with E-state index in [1.54, 1.807) is 18.2 Å². The van der Waals surface area contributed by atoms with E-state index in [0.29, 0.717) is 17.8 Å². The van der Waals surface area contributed by atoms with Gasteiger partial charge < -0.3 is 16.0 Å². The highest BCUT2D eigenvalue weighted by Gasteiger charge is 2.12. The van der Waals surface area contributed by atoms with Gasteiger partial charge in [-0.25, -0.2) is 4.79 Å². The summed E-state index contributed by atoms with van der Waals surface area (Å²) in [5, 5.41) is 2.60. The van der Waals surface area contributed by atoms with E-state index >= 15 is 0 Å². The minimum atomic E-state index is -0.635. The molecular formula is C17H19N3O2. The lowest BCUT2D eigenvalue weighted by Gasteiger charge is -2.13. The van der Waals surface area contributed by atoms with Crippen LogP contribution in [0.5, 0.6) is 0 Å². The molecule has 2 aromatic carbocycles. The van der Waals surface area contributed by atoms with Gasteiger partial charge in [0.1, 0.15) is 0 Å². The van der Waals surface area contributed by atoms with Gasteiger partial charge in [0.05, 0.1) is 12.2 Å². The molecule has 2 rings (SSSR count). The number of carbonyl (C=O) groups excluding carboxylic acids is 2. The molecule has 0 fully saturated rings. The zero-order valence-corrected chi connectivity index (χ0v) is 12.7. The summed E-state index contributed by atoms with van der Waals surface area (Å²) in [6, 6.07) is 14.1. The Morgan fingerprint density at radius 1 is 1.09 bits per heavy atom. The van der Waals surface area contributed by atoms with E-state index in [-0.39, 0.29) is 5.78 Å². The Bertz CT molecular complexity index is 682. The molecule has 0 unspecified atom stereocenters. The first-order valence-electron chi connectivity index (χ1n) is 6.91. The molecule has 0 aromatic heterocycles. The van der Waals surface area contributed by atoms with Crippen molar-refractivity contribution in [1.82, 2.24) is 4.90 Å². The van der Waals surface area contributed by atoms with E-state index in [2.05, 4.69) is 5.32 Å². The third kappa shape index (κ3) is 3.93. The number of nitrogens with one attached hydrogen (secondary N) is 1. The number of carbonyl (C=O) groups is 2. The lowest BCUT2D eigenvalue weighted by Crippen LogP contribution is -2.22. The summed E-state index contributed by atoms with van der Waals surface area (Å²) in [6.07, 6.45) is 0. The van der Waals surface area contributed by atoms with E-state index in [9.17, 15) is 9.59 Å². The summed E-state index contributed by atoms with van der Waals surface area (Å²) in [5.74, 6) is 0.0211. The summed E-state index contributed by atoms with van der Waals surface area (Å²) >= 11 is 0. The second-order valence-corrected chi connectivity index (χ2v) is 5.28. The first kappa shape index (κ1) is 15.7. The lowest BCUT2D eigenvalue weighted by molar-refractivity contribution is 0.0958. The number of likely N-dealkylation sites (N-methyl/N-ethyl adjacent to an activating group) is 1. The van der Waals surface area contributed by atoms with E-state index in [4.69, 9.17) is 5.73 Å². The smallest absolute Gasteiger partial charge is 0.316 e. The van der Waals surface area contributed by atoms with Crippen molar-refractivity contribution in [3.05, 3.63) is 54.1 Å². The van der Waals surface area contributed by atoms with Crippen LogP contribution in [0.3, 0.4) is 0 Å². The Labute approximate surface area is 129 Å². The van der Waals surface area contributed by atoms with E-state index < -0.39 is 6.03 Å². The molecule has 0 aliphatic heterocycles. The number of nitrogens with zero attached hydrogens (tertiary/aromatic N) is 1. The summed E-state index contributed by atoms with van der Waals surface area (Å²) in [5.41, 5.74) is 8.07. The molecule has 3 N–H and O–H groups in total. The molecule has 0 aliphatic rings. The van der Waals surface area contributed by atoms with Gasteiger partial charge in [0.15, 0.2) is 5.78 Å². The average Bonchev–Trinajstić information content (AvgIpc) is 2.47. The van der Waals surface area contributed by atoms with Crippen molar-refractivity contribution in [2.75, 3.05) is 26.0 Å². The first-order chi connectivity index (χ1) is 10.5. The van der Waals surface area contributed by atoms with Gasteiger partial charge in [0.2, 0.25) is 0 Å². The maximum absolute atomic E-state index is 12.2. The molecule has 2 aromatic rings. The fourth-order valence-corrected chi connectivity index (χ4v) is 2.19. The Kier molecular flexibility index (Phi) is 4.91. The molecule has 0 heterocycles. The van der Waals surface area contributed by atoms with Crippen molar-refractivity contribution in [2.45, 2.75) is 0 Å². The van der Waals surface area contributed by atoms with Crippen molar-refractivity contribution in [1.29, 1.82) is 0 Å². The molecule has 0 saturated carbocycles. The van der Waals surface area contributed by atoms with Crippen LogP contribution in [0.15, 0.2) is 48.5 Å². The van der Waals surface area contributed by atoms with Gasteiger partial charge in [-0.05, 0) is 37.9 Å². The number of hydrogen-bond acceptors (Lipinski definition) is 3. The predicted molar refractivity (Wildman–Crippen MR) is 88.0 cm³/mol. The zero-order chi connectivity index (χ0) is 16.1. The molecule has 0 spiro atoms. The third-order valence-electron chi connectivity index (χ3n) is 3.14. The van der Waals surface area contributed by atoms with Gasteiger partial charge in [-0.15, -0.1) is 0 Å². The van der Waals surface area contributed by atoms with Crippen LogP contribution in [0.4, 0.5) is 10.5 Å². The van der Waals surface area contributed by atoms with Gasteiger partial charge in [-0.1, -0.05) is 30.3 Å². The van der Waals surface area contributed by atoms with Gasteiger partial charge in [0, 0.05) is 11.1 Å². The van der Waals surface area contributed by atoms with Crippen LogP contribution in [0, 0.1) is 0 Å². The van der Waals surface area contributed by atoms with E-state index in [1.807, 2.05) is 49.3 Å². The minimum absolute atomic E-state index is 0.0211. The number of rotatable bonds is 5. The number of Topliss-reactive ketones (excluding diaryl/α,β-unsaturated/α-hetero) is 1. The lowest BCUT2D eigenvalue weighted by atomic mass is 9.99. The number of ketones is 1. The molecule has 22 heavy (non-hydrogen) atoms. The van der Waals surface area contributed by atoms with Gasteiger partial charge in [0.25, 0.3) is 0 Å². The number of urea groups is 1. The third-order valence-corrected chi connectivity index (χ3v) is 3.14. The molecule has 0 radical (unpaired) electrons. The molecule has 2 amide bonds. The largest absolute Gasteiger partial charge is 0.351 e. The molecule has 5 heteroatoms. The Hall–Kier alpha value is -2.66. The van der Waals surface area contributed by atoms with Crippen molar-refractivity contribution in [3.8, 4) is 11.1 Å². The fourth-order valence-electron chi connectivity index (χ4n) is 2.19. The normalized spacial score (nSPS) is 10.5. The summed E-state index contributed by atoms with van der Waals surface area (Å²) in [7, 11) is 3.69. The maximum atomic E-state index is 12.2. The van der Waals surface area contributed by atoms with Crippen molar-refractivity contribution in [2.24, 2.45) is 5.73 Å². The number of nitrogens with two attached hydrogens (primary N) is 1. The van der Waals surface area contributed by atoms with Crippen LogP contribution < -0.4 is 11.1 Å². The highest BCUT2D eigenvalue weighted by molar-refractivity contribution is 6.01. The van der Waals surface area contributed by atoms with Crippen LogP contribution in [-0.2, 0) is 0 Å². The van der Waals surface area contributed by atoms with Gasteiger partial charge >= 0.3 is 6.03 Å². The van der Waals surface area contributed by atoms with Crippen LogP contribution in [0.1, 0.15) is 10.4 Å². The average molecular weight is 297 g/mol. The molecule has 0 bridgehead atoms. The van der Waals surface area contributed by atoms with E-state index in [0.717, 1.165) is 11.1 Å². The maximum Gasteiger partial charge on any atom is 0.316 e. The zero-order valence-electron chi connectivity index (χ0n) is 12.7. The molecular weight excluding hydrogens is 278 g/mol. The van der Waals surface area contributed by atoms with Crippen LogP contribution >= 0.6 is 0 Å². The standard InChI is InChI=1S/C17H19N3O2/c1-20(2)11-16(21)13-8-9-15(19-17(18)22)14(10-13)12-6-4-3-5-7-12/h3-10H,11H2,1-2H3,(H3,18,19,22). The topological polar surface area (TPSA) is 75.4 Å². The van der Waals surface area contributed by atoms with Crippen LogP contribution in [0.2, 0.25) is 0 Å². The molecule has 5 nitrogen and oxygen atoms in total. The number of amides is 2. The van der Waals surface area contributed by atoms with E-state index in [1.165, 1.54) is 0 Å². The van der Waals surface area contributed by atoms with Gasteiger partial charge in [-0.3, -0.25) is 4.79 Å². The molecule has 114 valence electrons. The fraction of sp³-hybridized carbons (Fsp3) is 0.176. The Morgan fingerprint density at radius 2 is 1.77 bits per heavy atom. The quantitative estimate of drug-likeness (QED) is 0.833. The second kappa shape index (κ2) is 6.87. The summed E-state index contributed by atoms with van der Waals surface area (Å²) in [4.78, 5) is 25.2. The predicted octanol–water partition coefficient (Wildman–Crippen LogP) is 2.59. The number of hydrogen-bond donors (Lipinski definition) is 2. The number of anilines is 1. The SMILES string of the molecule is CN(C)CC(=O)c1ccc(NC(N)=O)c(-c2ccccc2)c1. The number of primary amides is 1. The molecule has 0 aliphatic carbocycles. The molecule has 0 saturated heterocycles. The highest BCUT2D eigenvalue weighted by Crippen LogP contribution is 2.29. The summed E-state index contributed by atoms with van der Waals surface area (Å²) in [6.45, 7) is 0.330. The van der Waals surface area contributed by atoms with Crippen molar-refractivity contribution >= 4 is 17.5 Å². The van der Waals surface area contributed by atoms with Crippen molar-refractivity contribution in [3.63, 3.8) is 0 Å². The van der Waals surface area contributed by atoms with Gasteiger partial charge in [-0.2, -0.15) is 0 Å². The van der Waals surface area contributed by atoms with Crippen molar-refractivity contribution < 1.29 is 9.59 Å². The molecule has 0 atom stereocenters. The number of benzene rings is 2.